The van der Waals surface area contributed by atoms with Crippen LogP contribution in [-0.4, -0.2) is 32.3 Å². The van der Waals surface area contributed by atoms with Crippen LogP contribution in [0.25, 0.3) is 0 Å². The number of rotatable bonds is 3. The van der Waals surface area contributed by atoms with Gasteiger partial charge in [0.1, 0.15) is 11.3 Å². The molecule has 1 amide bonds. The lowest BCUT2D eigenvalue weighted by Crippen LogP contribution is -2.12. The molecule has 0 aromatic heterocycles. The molecule has 7 nitrogen and oxygen atoms in total. The van der Waals surface area contributed by atoms with E-state index < -0.39 is 23.4 Å². The molecule has 0 unspecified atom stereocenters. The summed E-state index contributed by atoms with van der Waals surface area (Å²) in [6.07, 6.45) is 0. The second-order valence-electron chi connectivity index (χ2n) is 4.19. The van der Waals surface area contributed by atoms with Crippen LogP contribution in [0.3, 0.4) is 0 Å². The maximum Gasteiger partial charge on any atom is 0.339 e. The van der Waals surface area contributed by atoms with E-state index in [1.165, 1.54) is 12.1 Å². The first kappa shape index (κ1) is 14.2. The average Bonchev–Trinajstić information content (AvgIpc) is 2.43. The number of aromatic hydroxyl groups is 3. The van der Waals surface area contributed by atoms with Crippen LogP contribution in [0.15, 0.2) is 36.4 Å². The highest BCUT2D eigenvalue weighted by Gasteiger charge is 2.13. The first-order valence-electron chi connectivity index (χ1n) is 5.78. The topological polar surface area (TPSA) is 127 Å². The third-order valence-electron chi connectivity index (χ3n) is 2.72. The molecule has 0 bridgehead atoms. The fraction of sp³-hybridized carbons (Fsp3) is 0. The van der Waals surface area contributed by atoms with E-state index in [9.17, 15) is 19.8 Å². The van der Waals surface area contributed by atoms with Crippen molar-refractivity contribution in [2.45, 2.75) is 0 Å². The van der Waals surface area contributed by atoms with E-state index in [1.807, 2.05) is 0 Å². The molecule has 0 saturated carbocycles. The molecule has 0 heterocycles. The largest absolute Gasteiger partial charge is 0.507 e. The van der Waals surface area contributed by atoms with Crippen LogP contribution in [0.4, 0.5) is 5.69 Å². The molecule has 21 heavy (non-hydrogen) atoms. The van der Waals surface area contributed by atoms with Crippen LogP contribution < -0.4 is 5.32 Å². The molecule has 5 N–H and O–H groups in total. The summed E-state index contributed by atoms with van der Waals surface area (Å²) in [4.78, 5) is 22.8. The number of benzene rings is 2. The first-order valence-corrected chi connectivity index (χ1v) is 5.78. The van der Waals surface area contributed by atoms with Crippen molar-refractivity contribution >= 4 is 17.6 Å². The van der Waals surface area contributed by atoms with Crippen molar-refractivity contribution in [1.82, 2.24) is 0 Å². The van der Waals surface area contributed by atoms with Gasteiger partial charge in [0.25, 0.3) is 5.91 Å². The van der Waals surface area contributed by atoms with Gasteiger partial charge in [-0.3, -0.25) is 4.79 Å². The van der Waals surface area contributed by atoms with Crippen molar-refractivity contribution in [2.24, 2.45) is 0 Å². The molecule has 0 spiro atoms. The van der Waals surface area contributed by atoms with Gasteiger partial charge in [0.05, 0.1) is 0 Å². The number of phenolic OH excluding ortho intramolecular Hbond substituents is 2. The van der Waals surface area contributed by atoms with Crippen LogP contribution in [0.2, 0.25) is 0 Å². The molecule has 7 heteroatoms. The summed E-state index contributed by atoms with van der Waals surface area (Å²) in [5.41, 5.74) is -0.0978. The van der Waals surface area contributed by atoms with E-state index in [-0.39, 0.29) is 22.6 Å². The van der Waals surface area contributed by atoms with Gasteiger partial charge >= 0.3 is 5.97 Å². The zero-order chi connectivity index (χ0) is 15.6. The predicted octanol–water partition coefficient (Wildman–Crippen LogP) is 1.75. The lowest BCUT2D eigenvalue weighted by Gasteiger charge is -2.08. The summed E-state index contributed by atoms with van der Waals surface area (Å²) in [5.74, 6) is -3.15. The number of nitrogens with one attached hydrogen (secondary N) is 1. The molecule has 0 radical (unpaired) electrons. The number of hydrogen-bond acceptors (Lipinski definition) is 5. The van der Waals surface area contributed by atoms with Crippen LogP contribution in [0.5, 0.6) is 17.2 Å². The molecule has 2 aromatic carbocycles. The Kier molecular flexibility index (Phi) is 3.66. The van der Waals surface area contributed by atoms with Gasteiger partial charge in [-0.2, -0.15) is 0 Å². The van der Waals surface area contributed by atoms with Crippen LogP contribution in [-0.2, 0) is 0 Å². The van der Waals surface area contributed by atoms with Crippen molar-refractivity contribution in [3.05, 3.63) is 47.5 Å². The zero-order valence-corrected chi connectivity index (χ0v) is 10.6. The zero-order valence-electron chi connectivity index (χ0n) is 10.6. The molecule has 108 valence electrons. The Morgan fingerprint density at radius 3 is 2.14 bits per heavy atom. The van der Waals surface area contributed by atoms with E-state index in [2.05, 4.69) is 5.32 Å². The van der Waals surface area contributed by atoms with Gasteiger partial charge < -0.3 is 25.7 Å². The van der Waals surface area contributed by atoms with Gasteiger partial charge in [0.15, 0.2) is 11.5 Å². The molecule has 2 rings (SSSR count). The second-order valence-corrected chi connectivity index (χ2v) is 4.19. The van der Waals surface area contributed by atoms with Crippen LogP contribution in [0, 0.1) is 0 Å². The van der Waals surface area contributed by atoms with E-state index in [4.69, 9.17) is 10.2 Å². The van der Waals surface area contributed by atoms with Crippen molar-refractivity contribution in [1.29, 1.82) is 0 Å². The molecule has 0 atom stereocenters. The molecule has 0 aliphatic heterocycles. The summed E-state index contributed by atoms with van der Waals surface area (Å²) in [6, 6.07) is 7.11. The minimum Gasteiger partial charge on any atom is -0.507 e. The molecular formula is C14H11NO6. The van der Waals surface area contributed by atoms with Gasteiger partial charge in [-0.1, -0.05) is 0 Å². The Hall–Kier alpha value is -3.22. The lowest BCUT2D eigenvalue weighted by atomic mass is 10.1. The third kappa shape index (κ3) is 3.03. The highest BCUT2D eigenvalue weighted by Crippen LogP contribution is 2.26. The Morgan fingerprint density at radius 1 is 0.857 bits per heavy atom. The highest BCUT2D eigenvalue weighted by molar-refractivity contribution is 6.05. The Bertz CT molecular complexity index is 725. The quantitative estimate of drug-likeness (QED) is 0.433. The van der Waals surface area contributed by atoms with Crippen LogP contribution in [0.1, 0.15) is 20.7 Å². The van der Waals surface area contributed by atoms with Crippen molar-refractivity contribution in [3.8, 4) is 17.2 Å². The monoisotopic (exact) mass is 289 g/mol. The first-order chi connectivity index (χ1) is 9.88. The smallest absolute Gasteiger partial charge is 0.339 e. The predicted molar refractivity (Wildman–Crippen MR) is 72.8 cm³/mol. The molecule has 0 aliphatic carbocycles. The minimum absolute atomic E-state index is 0.0789. The number of carboxylic acid groups (broad SMARTS) is 1. The van der Waals surface area contributed by atoms with Crippen molar-refractivity contribution < 1.29 is 30.0 Å². The standard InChI is InChI=1S/C14H11NO6/c16-10-4-2-8(6-9(10)14(20)21)15-13(19)7-1-3-11(17)12(18)5-7/h1-6,16-18H,(H,15,19)(H,20,21). The van der Waals surface area contributed by atoms with Gasteiger partial charge in [0.2, 0.25) is 0 Å². The highest BCUT2D eigenvalue weighted by atomic mass is 16.4. The van der Waals surface area contributed by atoms with E-state index >= 15 is 0 Å². The van der Waals surface area contributed by atoms with Gasteiger partial charge in [-0.05, 0) is 36.4 Å². The SMILES string of the molecule is O=C(Nc1ccc(O)c(C(=O)O)c1)c1ccc(O)c(O)c1. The Morgan fingerprint density at radius 2 is 1.52 bits per heavy atom. The van der Waals surface area contributed by atoms with Crippen molar-refractivity contribution in [3.63, 3.8) is 0 Å². The van der Waals surface area contributed by atoms with Gasteiger partial charge in [-0.15, -0.1) is 0 Å². The molecule has 0 fully saturated rings. The molecule has 0 aliphatic rings. The van der Waals surface area contributed by atoms with E-state index in [0.29, 0.717) is 0 Å². The maximum absolute atomic E-state index is 11.9. The van der Waals surface area contributed by atoms with Crippen LogP contribution >= 0.6 is 0 Å². The summed E-state index contributed by atoms with van der Waals surface area (Å²) < 4.78 is 0. The number of carbonyl (C=O) groups is 2. The fourth-order valence-corrected chi connectivity index (χ4v) is 1.65. The molecular weight excluding hydrogens is 278 g/mol. The summed E-state index contributed by atoms with van der Waals surface area (Å²) in [5, 5.41) is 39.2. The number of phenols is 3. The third-order valence-corrected chi connectivity index (χ3v) is 2.72. The fourth-order valence-electron chi connectivity index (χ4n) is 1.65. The lowest BCUT2D eigenvalue weighted by molar-refractivity contribution is 0.0693. The summed E-state index contributed by atoms with van der Waals surface area (Å²) in [7, 11) is 0. The van der Waals surface area contributed by atoms with Crippen molar-refractivity contribution in [2.75, 3.05) is 5.32 Å². The number of hydrogen-bond donors (Lipinski definition) is 5. The second kappa shape index (κ2) is 5.41. The molecule has 2 aromatic rings. The number of amides is 1. The molecule has 0 saturated heterocycles. The average molecular weight is 289 g/mol. The number of anilines is 1. The summed E-state index contributed by atoms with van der Waals surface area (Å²) >= 11 is 0. The Labute approximate surface area is 118 Å². The number of carboxylic acids is 1. The van der Waals surface area contributed by atoms with Gasteiger partial charge in [-0.25, -0.2) is 4.79 Å². The summed E-state index contributed by atoms with van der Waals surface area (Å²) in [6.45, 7) is 0. The van der Waals surface area contributed by atoms with E-state index in [0.717, 1.165) is 24.3 Å². The Balaban J connectivity index is 2.25. The van der Waals surface area contributed by atoms with Gasteiger partial charge in [0, 0.05) is 11.3 Å². The number of carbonyl (C=O) groups excluding carboxylic acids is 1. The maximum atomic E-state index is 11.9. The normalized spacial score (nSPS) is 10.1. The number of aromatic carboxylic acids is 1. The minimum atomic E-state index is -1.33. The van der Waals surface area contributed by atoms with E-state index in [1.54, 1.807) is 0 Å².